The molecule has 1 aromatic heterocycles. The fraction of sp³-hybridized carbons (Fsp3) is 0.529. The van der Waals surface area contributed by atoms with Crippen molar-refractivity contribution in [3.8, 4) is 5.75 Å². The van der Waals surface area contributed by atoms with Gasteiger partial charge in [-0.3, -0.25) is 24.0 Å². The number of carbonyl (C=O) groups is 5. The molecule has 1 aromatic rings. The number of carbonyl (C=O) groups excluding carboxylic acids is 5. The molecule has 0 aliphatic carbocycles. The number of aromatic hydroxyl groups is 1. The van der Waals surface area contributed by atoms with Crippen LogP contribution in [0.4, 0.5) is 0 Å². The van der Waals surface area contributed by atoms with E-state index < -0.39 is 65.6 Å². The molecule has 1 aliphatic rings. The molecule has 2 rings (SSSR count). The Balaban J connectivity index is 2.55. The first-order chi connectivity index (χ1) is 13.9. The zero-order valence-corrected chi connectivity index (χ0v) is 16.6. The first kappa shape index (κ1) is 22.8. The maximum absolute atomic E-state index is 11.8. The quantitative estimate of drug-likeness (QED) is 0.428. The molecule has 1 aliphatic heterocycles. The van der Waals surface area contributed by atoms with E-state index in [1.807, 2.05) is 0 Å². The number of ether oxygens (including phenoxy) is 4. The van der Waals surface area contributed by atoms with Gasteiger partial charge in [0, 0.05) is 27.7 Å². The van der Waals surface area contributed by atoms with E-state index in [2.05, 4.69) is 5.10 Å². The number of amides is 1. The molecule has 1 fully saturated rings. The molecular formula is C17H21N3O10. The number of rotatable bonds is 6. The van der Waals surface area contributed by atoms with Gasteiger partial charge >= 0.3 is 17.9 Å². The molecule has 4 atom stereocenters. The van der Waals surface area contributed by atoms with Crippen LogP contribution in [0.1, 0.15) is 54.8 Å². The zero-order valence-electron chi connectivity index (χ0n) is 16.6. The lowest BCUT2D eigenvalue weighted by Gasteiger charge is -2.23. The van der Waals surface area contributed by atoms with Crippen LogP contribution in [-0.4, -0.2) is 69.5 Å². The third kappa shape index (κ3) is 4.74. The summed E-state index contributed by atoms with van der Waals surface area (Å²) < 4.78 is 21.6. The smallest absolute Gasteiger partial charge is 0.303 e. The maximum atomic E-state index is 11.8. The van der Waals surface area contributed by atoms with E-state index in [4.69, 9.17) is 24.7 Å². The van der Waals surface area contributed by atoms with Crippen LogP contribution in [0.3, 0.4) is 0 Å². The first-order valence-electron chi connectivity index (χ1n) is 8.69. The van der Waals surface area contributed by atoms with Crippen LogP contribution >= 0.6 is 0 Å². The van der Waals surface area contributed by atoms with Gasteiger partial charge < -0.3 is 29.8 Å². The minimum Gasteiger partial charge on any atom is -0.504 e. The lowest BCUT2D eigenvalue weighted by atomic mass is 10.0. The number of esters is 3. The summed E-state index contributed by atoms with van der Waals surface area (Å²) in [6.07, 6.45) is -5.06. The predicted octanol–water partition coefficient (Wildman–Crippen LogP) is -0.786. The summed E-state index contributed by atoms with van der Waals surface area (Å²) in [5.41, 5.74) is 4.26. The first-order valence-corrected chi connectivity index (χ1v) is 8.69. The summed E-state index contributed by atoms with van der Waals surface area (Å²) >= 11 is 0. The topological polar surface area (TPSA) is 186 Å². The number of aromatic nitrogens is 2. The standard InChI is InChI=1S/C17H21N3O10/c1-6(21)20-12(17(18)26)13(25)11(19-20)15-16(29-9(4)24)14(28-8(3)23)10(30-15)5-27-7(2)22/h10,14-16,25H,5H2,1-4H3,(H2,18,26). The van der Waals surface area contributed by atoms with E-state index >= 15 is 0 Å². The molecule has 13 nitrogen and oxygen atoms in total. The van der Waals surface area contributed by atoms with Gasteiger partial charge in [0.1, 0.15) is 24.5 Å². The van der Waals surface area contributed by atoms with Gasteiger partial charge in [0.25, 0.3) is 5.91 Å². The van der Waals surface area contributed by atoms with Crippen molar-refractivity contribution in [3.63, 3.8) is 0 Å². The largest absolute Gasteiger partial charge is 0.504 e. The third-order valence-electron chi connectivity index (χ3n) is 4.05. The highest BCUT2D eigenvalue weighted by molar-refractivity contribution is 5.98. The summed E-state index contributed by atoms with van der Waals surface area (Å²) in [6, 6.07) is 0. The lowest BCUT2D eigenvalue weighted by molar-refractivity contribution is -0.165. The highest BCUT2D eigenvalue weighted by Crippen LogP contribution is 2.41. The van der Waals surface area contributed by atoms with Crippen molar-refractivity contribution in [1.29, 1.82) is 0 Å². The number of hydrogen-bond donors (Lipinski definition) is 2. The van der Waals surface area contributed by atoms with Crippen LogP contribution in [0.15, 0.2) is 0 Å². The van der Waals surface area contributed by atoms with Crippen molar-refractivity contribution >= 4 is 29.7 Å². The number of primary amides is 1. The zero-order chi connectivity index (χ0) is 22.7. The van der Waals surface area contributed by atoms with Gasteiger partial charge in [-0.2, -0.15) is 9.78 Å². The molecule has 0 bridgehead atoms. The average molecular weight is 427 g/mol. The number of nitrogens with zero attached hydrogens (tertiary/aromatic N) is 2. The Bertz CT molecular complexity index is 893. The lowest BCUT2D eigenvalue weighted by Crippen LogP contribution is -2.40. The van der Waals surface area contributed by atoms with E-state index in [1.54, 1.807) is 0 Å². The monoisotopic (exact) mass is 427 g/mol. The van der Waals surface area contributed by atoms with Crippen molar-refractivity contribution in [2.45, 2.75) is 52.1 Å². The van der Waals surface area contributed by atoms with Crippen LogP contribution in [0.5, 0.6) is 5.75 Å². The summed E-state index contributed by atoms with van der Waals surface area (Å²) in [7, 11) is 0. The van der Waals surface area contributed by atoms with Gasteiger partial charge in [-0.15, -0.1) is 0 Å². The van der Waals surface area contributed by atoms with Gasteiger partial charge in [-0.25, -0.2) is 0 Å². The van der Waals surface area contributed by atoms with Crippen LogP contribution in [0.2, 0.25) is 0 Å². The van der Waals surface area contributed by atoms with Crippen molar-refractivity contribution in [2.24, 2.45) is 5.73 Å². The van der Waals surface area contributed by atoms with Crippen molar-refractivity contribution in [2.75, 3.05) is 6.61 Å². The van der Waals surface area contributed by atoms with Crippen LogP contribution in [-0.2, 0) is 33.3 Å². The fourth-order valence-electron chi connectivity index (χ4n) is 3.00. The number of nitrogens with two attached hydrogens (primary N) is 1. The summed E-state index contributed by atoms with van der Waals surface area (Å²) in [6.45, 7) is 4.04. The second-order valence-corrected chi connectivity index (χ2v) is 6.42. The normalized spacial score (nSPS) is 22.9. The molecule has 164 valence electrons. The molecule has 30 heavy (non-hydrogen) atoms. The van der Waals surface area contributed by atoms with Gasteiger partial charge in [-0.1, -0.05) is 0 Å². The van der Waals surface area contributed by atoms with Gasteiger partial charge in [0.05, 0.1) is 0 Å². The molecular weight excluding hydrogens is 406 g/mol. The highest BCUT2D eigenvalue weighted by Gasteiger charge is 2.52. The van der Waals surface area contributed by atoms with Crippen LogP contribution < -0.4 is 5.73 Å². The molecule has 0 spiro atoms. The Morgan fingerprint density at radius 1 is 1.03 bits per heavy atom. The molecule has 13 heteroatoms. The Morgan fingerprint density at radius 2 is 1.60 bits per heavy atom. The molecule has 0 aromatic carbocycles. The SMILES string of the molecule is CC(=O)OCC1OC(c2nn(C(C)=O)c(C(N)=O)c2O)C(OC(C)=O)C1OC(C)=O. The summed E-state index contributed by atoms with van der Waals surface area (Å²) in [4.78, 5) is 57.8. The second-order valence-electron chi connectivity index (χ2n) is 6.42. The Hall–Kier alpha value is -3.48. The fourth-order valence-corrected chi connectivity index (χ4v) is 3.00. The molecule has 3 N–H and O–H groups in total. The van der Waals surface area contributed by atoms with E-state index in [-0.39, 0.29) is 12.3 Å². The molecule has 0 saturated carbocycles. The van der Waals surface area contributed by atoms with Gasteiger partial charge in [-0.05, 0) is 0 Å². The van der Waals surface area contributed by atoms with Crippen LogP contribution in [0.25, 0.3) is 0 Å². The molecule has 0 radical (unpaired) electrons. The molecule has 4 unspecified atom stereocenters. The van der Waals surface area contributed by atoms with Crippen molar-refractivity contribution in [1.82, 2.24) is 9.78 Å². The Labute approximate surface area is 170 Å². The average Bonchev–Trinajstić information content (AvgIpc) is 3.10. The highest BCUT2D eigenvalue weighted by atomic mass is 16.6. The van der Waals surface area contributed by atoms with Gasteiger partial charge in [0.2, 0.25) is 5.91 Å². The summed E-state index contributed by atoms with van der Waals surface area (Å²) in [5.74, 6) is -4.82. The second kappa shape index (κ2) is 8.90. The summed E-state index contributed by atoms with van der Waals surface area (Å²) in [5, 5.41) is 14.3. The molecule has 1 amide bonds. The Morgan fingerprint density at radius 3 is 2.03 bits per heavy atom. The maximum Gasteiger partial charge on any atom is 0.303 e. The molecule has 1 saturated heterocycles. The molecule has 2 heterocycles. The number of hydrogen-bond acceptors (Lipinski definition) is 11. The minimum atomic E-state index is -1.38. The van der Waals surface area contributed by atoms with Crippen LogP contribution in [0, 0.1) is 0 Å². The minimum absolute atomic E-state index is 0.354. The van der Waals surface area contributed by atoms with E-state index in [0.29, 0.717) is 4.68 Å². The predicted molar refractivity (Wildman–Crippen MR) is 94.1 cm³/mol. The van der Waals surface area contributed by atoms with Crippen molar-refractivity contribution < 1.29 is 48.0 Å². The Kier molecular flexibility index (Phi) is 6.77. The van der Waals surface area contributed by atoms with E-state index in [9.17, 15) is 29.1 Å². The van der Waals surface area contributed by atoms with Gasteiger partial charge in [0.15, 0.2) is 23.7 Å². The van der Waals surface area contributed by atoms with Crippen molar-refractivity contribution in [3.05, 3.63) is 11.4 Å². The third-order valence-corrected chi connectivity index (χ3v) is 4.05. The van der Waals surface area contributed by atoms with E-state index in [0.717, 1.165) is 27.7 Å². The van der Waals surface area contributed by atoms with E-state index in [1.165, 1.54) is 0 Å².